The Bertz CT molecular complexity index is 949. The van der Waals surface area contributed by atoms with Crippen LogP contribution in [0.25, 0.3) is 6.08 Å². The van der Waals surface area contributed by atoms with Gasteiger partial charge in [0.15, 0.2) is 18.1 Å². The number of amides is 1. The van der Waals surface area contributed by atoms with Gasteiger partial charge in [-0.3, -0.25) is 4.79 Å². The van der Waals surface area contributed by atoms with Crippen molar-refractivity contribution in [1.82, 2.24) is 4.90 Å². The number of carbonyl (C=O) groups excluding carboxylic acids is 2. The SMILES string of the molecule is COc1cc(/C=C/C(=O)OCC(=O)N(C)Cc2ccc(C)cc2C)ccc1OC(C)C. The molecule has 2 aromatic carbocycles. The maximum atomic E-state index is 12.3. The van der Waals surface area contributed by atoms with Crippen LogP contribution in [0.15, 0.2) is 42.5 Å². The van der Waals surface area contributed by atoms with Crippen LogP contribution in [0.2, 0.25) is 0 Å². The van der Waals surface area contributed by atoms with E-state index in [1.165, 1.54) is 11.6 Å². The fourth-order valence-corrected chi connectivity index (χ4v) is 2.96. The Hall–Kier alpha value is -3.28. The lowest BCUT2D eigenvalue weighted by Gasteiger charge is -2.18. The van der Waals surface area contributed by atoms with Crippen LogP contribution in [0.4, 0.5) is 0 Å². The summed E-state index contributed by atoms with van der Waals surface area (Å²) in [6.45, 7) is 8.07. The van der Waals surface area contributed by atoms with E-state index in [2.05, 4.69) is 6.07 Å². The number of benzene rings is 2. The zero-order chi connectivity index (χ0) is 23.0. The van der Waals surface area contributed by atoms with Gasteiger partial charge in [0.2, 0.25) is 0 Å². The van der Waals surface area contributed by atoms with Crippen molar-refractivity contribution in [1.29, 1.82) is 0 Å². The average Bonchev–Trinajstić information content (AvgIpc) is 2.72. The monoisotopic (exact) mass is 425 g/mol. The van der Waals surface area contributed by atoms with E-state index < -0.39 is 5.97 Å². The molecule has 0 N–H and O–H groups in total. The second kappa shape index (κ2) is 11.2. The van der Waals surface area contributed by atoms with Gasteiger partial charge in [0.1, 0.15) is 0 Å². The summed E-state index contributed by atoms with van der Waals surface area (Å²) < 4.78 is 16.1. The Morgan fingerprint density at radius 1 is 1.06 bits per heavy atom. The van der Waals surface area contributed by atoms with Crippen molar-refractivity contribution < 1.29 is 23.8 Å². The Labute approximate surface area is 184 Å². The molecule has 1 amide bonds. The van der Waals surface area contributed by atoms with Crippen molar-refractivity contribution >= 4 is 18.0 Å². The van der Waals surface area contributed by atoms with E-state index in [1.54, 1.807) is 37.3 Å². The lowest BCUT2D eigenvalue weighted by molar-refractivity contribution is -0.147. The Morgan fingerprint density at radius 2 is 1.81 bits per heavy atom. The smallest absolute Gasteiger partial charge is 0.331 e. The number of hydrogen-bond donors (Lipinski definition) is 0. The molecule has 2 rings (SSSR count). The molecule has 0 bridgehead atoms. The van der Waals surface area contributed by atoms with Crippen molar-refractivity contribution in [3.63, 3.8) is 0 Å². The number of ether oxygens (including phenoxy) is 3. The highest BCUT2D eigenvalue weighted by atomic mass is 16.5. The molecule has 0 radical (unpaired) electrons. The molecular formula is C25H31NO5. The molecule has 2 aromatic rings. The molecule has 0 saturated heterocycles. The van der Waals surface area contributed by atoms with Gasteiger partial charge >= 0.3 is 5.97 Å². The Balaban J connectivity index is 1.89. The number of aryl methyl sites for hydroxylation is 2. The van der Waals surface area contributed by atoms with Gasteiger partial charge in [-0.25, -0.2) is 4.79 Å². The Kier molecular flexibility index (Phi) is 8.67. The highest BCUT2D eigenvalue weighted by molar-refractivity contribution is 5.89. The number of methoxy groups -OCH3 is 1. The third kappa shape index (κ3) is 7.48. The summed E-state index contributed by atoms with van der Waals surface area (Å²) in [5.41, 5.74) is 4.12. The minimum atomic E-state index is -0.588. The maximum absolute atomic E-state index is 12.3. The molecule has 0 heterocycles. The molecule has 0 fully saturated rings. The van der Waals surface area contributed by atoms with Gasteiger partial charge in [-0.05, 0) is 62.6 Å². The molecule has 0 aliphatic heterocycles. The molecule has 0 saturated carbocycles. The molecule has 31 heavy (non-hydrogen) atoms. The molecule has 166 valence electrons. The highest BCUT2D eigenvalue weighted by Gasteiger charge is 2.13. The third-order valence-electron chi connectivity index (χ3n) is 4.63. The second-order valence-corrected chi connectivity index (χ2v) is 7.70. The third-order valence-corrected chi connectivity index (χ3v) is 4.63. The van der Waals surface area contributed by atoms with E-state index in [4.69, 9.17) is 14.2 Å². The number of hydrogen-bond acceptors (Lipinski definition) is 5. The van der Waals surface area contributed by atoms with Crippen LogP contribution in [0.1, 0.15) is 36.1 Å². The summed E-state index contributed by atoms with van der Waals surface area (Å²) in [4.78, 5) is 25.9. The molecule has 0 aliphatic carbocycles. The lowest BCUT2D eigenvalue weighted by atomic mass is 10.1. The lowest BCUT2D eigenvalue weighted by Crippen LogP contribution is -2.30. The first kappa shape index (κ1) is 24.0. The van der Waals surface area contributed by atoms with Gasteiger partial charge in [-0.1, -0.05) is 29.8 Å². The number of nitrogens with zero attached hydrogens (tertiary/aromatic N) is 1. The average molecular weight is 426 g/mol. The van der Waals surface area contributed by atoms with Crippen molar-refractivity contribution in [2.75, 3.05) is 20.8 Å². The molecule has 0 spiro atoms. The highest BCUT2D eigenvalue weighted by Crippen LogP contribution is 2.29. The van der Waals surface area contributed by atoms with E-state index in [0.29, 0.717) is 18.0 Å². The zero-order valence-corrected chi connectivity index (χ0v) is 19.1. The van der Waals surface area contributed by atoms with Crippen LogP contribution in [0.3, 0.4) is 0 Å². The predicted molar refractivity (Wildman–Crippen MR) is 121 cm³/mol. The van der Waals surface area contributed by atoms with Crippen LogP contribution in [-0.2, 0) is 20.9 Å². The van der Waals surface area contributed by atoms with Gasteiger partial charge in [0, 0.05) is 19.7 Å². The largest absolute Gasteiger partial charge is 0.493 e. The second-order valence-electron chi connectivity index (χ2n) is 7.70. The van der Waals surface area contributed by atoms with E-state index >= 15 is 0 Å². The van der Waals surface area contributed by atoms with Gasteiger partial charge in [0.05, 0.1) is 13.2 Å². The van der Waals surface area contributed by atoms with Crippen molar-refractivity contribution in [2.24, 2.45) is 0 Å². The first-order valence-electron chi connectivity index (χ1n) is 10.2. The summed E-state index contributed by atoms with van der Waals surface area (Å²) in [6.07, 6.45) is 2.92. The summed E-state index contributed by atoms with van der Waals surface area (Å²) in [6, 6.07) is 11.5. The van der Waals surface area contributed by atoms with E-state index in [9.17, 15) is 9.59 Å². The molecule has 6 heteroatoms. The number of esters is 1. The van der Waals surface area contributed by atoms with Crippen molar-refractivity contribution in [3.8, 4) is 11.5 Å². The number of carbonyl (C=O) groups is 2. The van der Waals surface area contributed by atoms with E-state index in [1.807, 2.05) is 45.9 Å². The van der Waals surface area contributed by atoms with Gasteiger partial charge < -0.3 is 19.1 Å². The fraction of sp³-hybridized carbons (Fsp3) is 0.360. The molecule has 0 aliphatic rings. The van der Waals surface area contributed by atoms with Crippen LogP contribution in [0.5, 0.6) is 11.5 Å². The van der Waals surface area contributed by atoms with Crippen molar-refractivity contribution in [2.45, 2.75) is 40.3 Å². The van der Waals surface area contributed by atoms with Crippen LogP contribution < -0.4 is 9.47 Å². The maximum Gasteiger partial charge on any atom is 0.331 e. The van der Waals surface area contributed by atoms with E-state index in [0.717, 1.165) is 16.7 Å². The topological polar surface area (TPSA) is 65.1 Å². The van der Waals surface area contributed by atoms with Crippen LogP contribution >= 0.6 is 0 Å². The molecular weight excluding hydrogens is 394 g/mol. The van der Waals surface area contributed by atoms with E-state index in [-0.39, 0.29) is 18.6 Å². The minimum absolute atomic E-state index is 0.0239. The van der Waals surface area contributed by atoms with Crippen molar-refractivity contribution in [3.05, 3.63) is 64.7 Å². The van der Waals surface area contributed by atoms with Crippen LogP contribution in [-0.4, -0.2) is 43.6 Å². The fourth-order valence-electron chi connectivity index (χ4n) is 2.96. The first-order valence-corrected chi connectivity index (χ1v) is 10.2. The molecule has 0 aromatic heterocycles. The molecule has 0 unspecified atom stereocenters. The summed E-state index contributed by atoms with van der Waals surface area (Å²) in [7, 11) is 3.25. The van der Waals surface area contributed by atoms with Gasteiger partial charge in [-0.2, -0.15) is 0 Å². The zero-order valence-electron chi connectivity index (χ0n) is 19.1. The number of likely N-dealkylation sites (N-methyl/N-ethyl adjacent to an activating group) is 1. The summed E-state index contributed by atoms with van der Waals surface area (Å²) in [5.74, 6) is 0.357. The standard InChI is InChI=1S/C25H31NO5/c1-17(2)31-22-11-8-20(14-23(22)29-6)9-12-25(28)30-16-24(27)26(5)15-21-10-7-18(3)13-19(21)4/h7-14,17H,15-16H2,1-6H3/b12-9+. The Morgan fingerprint density at radius 3 is 2.45 bits per heavy atom. The quantitative estimate of drug-likeness (QED) is 0.442. The normalized spacial score (nSPS) is 10.9. The minimum Gasteiger partial charge on any atom is -0.493 e. The predicted octanol–water partition coefficient (Wildman–Crippen LogP) is 4.31. The number of rotatable bonds is 9. The molecule has 0 atom stereocenters. The summed E-state index contributed by atoms with van der Waals surface area (Å²) in [5, 5.41) is 0. The van der Waals surface area contributed by atoms with Gasteiger partial charge in [-0.15, -0.1) is 0 Å². The van der Waals surface area contributed by atoms with Gasteiger partial charge in [0.25, 0.3) is 5.91 Å². The van der Waals surface area contributed by atoms with Crippen LogP contribution in [0, 0.1) is 13.8 Å². The summed E-state index contributed by atoms with van der Waals surface area (Å²) >= 11 is 0. The molecule has 6 nitrogen and oxygen atoms in total. The first-order chi connectivity index (χ1) is 14.7.